The highest BCUT2D eigenvalue weighted by Crippen LogP contribution is 2.23. The summed E-state index contributed by atoms with van der Waals surface area (Å²) >= 11 is 0. The van der Waals surface area contributed by atoms with Crippen LogP contribution in [-0.2, 0) is 0 Å². The van der Waals surface area contributed by atoms with E-state index in [9.17, 15) is 18.0 Å². The van der Waals surface area contributed by atoms with Crippen molar-refractivity contribution < 1.29 is 22.7 Å². The van der Waals surface area contributed by atoms with Crippen LogP contribution in [0.1, 0.15) is 13.8 Å². The first-order valence-electron chi connectivity index (χ1n) is 6.40. The summed E-state index contributed by atoms with van der Waals surface area (Å²) in [6.07, 6.45) is -4.73. The van der Waals surface area contributed by atoms with Crippen molar-refractivity contribution in [3.8, 4) is 5.75 Å². The first-order chi connectivity index (χ1) is 9.76. The molecule has 0 atom stereocenters. The second-order valence-corrected chi connectivity index (χ2v) is 4.56. The van der Waals surface area contributed by atoms with Crippen molar-refractivity contribution in [2.24, 2.45) is 0 Å². The van der Waals surface area contributed by atoms with Gasteiger partial charge in [0.05, 0.1) is 0 Å². The van der Waals surface area contributed by atoms with E-state index >= 15 is 0 Å². The second-order valence-electron chi connectivity index (χ2n) is 4.56. The zero-order chi connectivity index (χ0) is 15.9. The number of hydrogen-bond acceptors (Lipinski definition) is 3. The predicted molar refractivity (Wildman–Crippen MR) is 73.3 cm³/mol. The summed E-state index contributed by atoms with van der Waals surface area (Å²) in [6, 6.07) is 4.81. The lowest BCUT2D eigenvalue weighted by molar-refractivity contribution is -0.274. The Labute approximate surface area is 120 Å². The number of alkyl halides is 3. The van der Waals surface area contributed by atoms with Crippen LogP contribution in [0.4, 0.5) is 23.7 Å². The summed E-state index contributed by atoms with van der Waals surface area (Å²) in [7, 11) is 0. The van der Waals surface area contributed by atoms with Crippen LogP contribution < -0.4 is 20.7 Å². The largest absolute Gasteiger partial charge is 0.573 e. The smallest absolute Gasteiger partial charge is 0.406 e. The lowest BCUT2D eigenvalue weighted by Crippen LogP contribution is -2.36. The number of nitrogens with one attached hydrogen (secondary N) is 3. The number of rotatable bonds is 6. The third kappa shape index (κ3) is 8.03. The molecular formula is C13H18F3N3O2. The van der Waals surface area contributed by atoms with Gasteiger partial charge in [0.15, 0.2) is 0 Å². The number of urea groups is 1. The van der Waals surface area contributed by atoms with E-state index in [1.807, 2.05) is 13.8 Å². The van der Waals surface area contributed by atoms with Crippen molar-refractivity contribution in [3.05, 3.63) is 24.3 Å². The van der Waals surface area contributed by atoms with Crippen LogP contribution in [0.5, 0.6) is 5.75 Å². The van der Waals surface area contributed by atoms with Crippen molar-refractivity contribution in [3.63, 3.8) is 0 Å². The van der Waals surface area contributed by atoms with Crippen LogP contribution >= 0.6 is 0 Å². The Hall–Kier alpha value is -1.96. The van der Waals surface area contributed by atoms with Crippen LogP contribution in [0.2, 0.25) is 0 Å². The molecule has 2 amide bonds. The van der Waals surface area contributed by atoms with E-state index in [1.54, 1.807) is 0 Å². The highest BCUT2D eigenvalue weighted by Gasteiger charge is 2.30. The number of ether oxygens (including phenoxy) is 1. The van der Waals surface area contributed by atoms with Gasteiger partial charge >= 0.3 is 12.4 Å². The minimum absolute atomic E-state index is 0.330. The molecule has 118 valence electrons. The van der Waals surface area contributed by atoms with Crippen molar-refractivity contribution >= 4 is 11.7 Å². The maximum atomic E-state index is 12.0. The van der Waals surface area contributed by atoms with Crippen molar-refractivity contribution in [2.45, 2.75) is 26.3 Å². The van der Waals surface area contributed by atoms with Gasteiger partial charge in [-0.15, -0.1) is 13.2 Å². The summed E-state index contributed by atoms with van der Waals surface area (Å²) in [5.41, 5.74) is 0.374. The monoisotopic (exact) mass is 305 g/mol. The quantitative estimate of drug-likeness (QED) is 0.708. The van der Waals surface area contributed by atoms with Gasteiger partial charge in [0.1, 0.15) is 5.75 Å². The maximum Gasteiger partial charge on any atom is 0.573 e. The Morgan fingerprint density at radius 2 is 1.81 bits per heavy atom. The zero-order valence-electron chi connectivity index (χ0n) is 11.8. The van der Waals surface area contributed by atoms with E-state index in [4.69, 9.17) is 0 Å². The van der Waals surface area contributed by atoms with Gasteiger partial charge in [-0.1, -0.05) is 13.8 Å². The average Bonchev–Trinajstić information content (AvgIpc) is 2.35. The van der Waals surface area contributed by atoms with Gasteiger partial charge in [-0.25, -0.2) is 4.79 Å². The summed E-state index contributed by atoms with van der Waals surface area (Å²) in [5, 5.41) is 8.25. The van der Waals surface area contributed by atoms with Gasteiger partial charge in [-0.2, -0.15) is 0 Å². The first-order valence-corrected chi connectivity index (χ1v) is 6.40. The molecule has 0 aliphatic carbocycles. The van der Waals surface area contributed by atoms with Crippen LogP contribution in [-0.4, -0.2) is 31.5 Å². The highest BCUT2D eigenvalue weighted by atomic mass is 19.4. The number of carbonyl (C=O) groups excluding carboxylic acids is 1. The molecule has 3 N–H and O–H groups in total. The maximum absolute atomic E-state index is 12.0. The average molecular weight is 305 g/mol. The van der Waals surface area contributed by atoms with Crippen molar-refractivity contribution in [1.82, 2.24) is 10.6 Å². The fourth-order valence-corrected chi connectivity index (χ4v) is 1.45. The van der Waals surface area contributed by atoms with E-state index < -0.39 is 12.4 Å². The number of anilines is 1. The van der Waals surface area contributed by atoms with E-state index in [2.05, 4.69) is 20.7 Å². The predicted octanol–water partition coefficient (Wildman–Crippen LogP) is 2.70. The Morgan fingerprint density at radius 1 is 1.19 bits per heavy atom. The molecule has 0 saturated heterocycles. The van der Waals surface area contributed by atoms with Gasteiger partial charge in [-0.3, -0.25) is 0 Å². The van der Waals surface area contributed by atoms with Crippen molar-refractivity contribution in [2.75, 3.05) is 18.4 Å². The number of hydrogen-bond donors (Lipinski definition) is 3. The molecule has 8 heteroatoms. The number of benzene rings is 1. The molecule has 0 heterocycles. The van der Waals surface area contributed by atoms with Crippen molar-refractivity contribution in [1.29, 1.82) is 0 Å². The molecule has 21 heavy (non-hydrogen) atoms. The minimum atomic E-state index is -4.73. The topological polar surface area (TPSA) is 62.4 Å². The molecule has 0 radical (unpaired) electrons. The lowest BCUT2D eigenvalue weighted by atomic mass is 10.3. The third-order valence-corrected chi connectivity index (χ3v) is 2.31. The highest BCUT2D eigenvalue weighted by molar-refractivity contribution is 5.89. The normalized spacial score (nSPS) is 11.3. The standard InChI is InChI=1S/C13H18F3N3O2/c1-9(2)17-7-8-18-12(20)19-10-3-5-11(6-4-10)21-13(14,15)16/h3-6,9,17H,7-8H2,1-2H3,(H2,18,19,20). The molecule has 0 fully saturated rings. The second kappa shape index (κ2) is 7.72. The summed E-state index contributed by atoms with van der Waals surface area (Å²) in [6.45, 7) is 5.05. The fraction of sp³-hybridized carbons (Fsp3) is 0.462. The molecule has 0 saturated carbocycles. The number of halogens is 3. The molecule has 0 aliphatic heterocycles. The molecule has 5 nitrogen and oxygen atoms in total. The van der Waals surface area contributed by atoms with Gasteiger partial charge in [0, 0.05) is 24.8 Å². The SMILES string of the molecule is CC(C)NCCNC(=O)Nc1ccc(OC(F)(F)F)cc1. The summed E-state index contributed by atoms with van der Waals surface area (Å²) in [4.78, 5) is 11.5. The van der Waals surface area contributed by atoms with Crippen LogP contribution in [0.15, 0.2) is 24.3 Å². The molecule has 0 aliphatic rings. The molecule has 0 unspecified atom stereocenters. The number of carbonyl (C=O) groups is 1. The Morgan fingerprint density at radius 3 is 2.33 bits per heavy atom. The third-order valence-electron chi connectivity index (χ3n) is 2.31. The van der Waals surface area contributed by atoms with E-state index in [1.165, 1.54) is 12.1 Å². The fourth-order valence-electron chi connectivity index (χ4n) is 1.45. The molecule has 0 aromatic heterocycles. The van der Waals surface area contributed by atoms with Crippen LogP contribution in [0.25, 0.3) is 0 Å². The van der Waals surface area contributed by atoms with E-state index in [0.29, 0.717) is 24.8 Å². The molecule has 0 spiro atoms. The van der Waals surface area contributed by atoms with Crippen LogP contribution in [0.3, 0.4) is 0 Å². The molecular weight excluding hydrogens is 287 g/mol. The molecule has 1 rings (SSSR count). The molecule has 1 aromatic carbocycles. The van der Waals surface area contributed by atoms with Crippen LogP contribution in [0, 0.1) is 0 Å². The van der Waals surface area contributed by atoms with Gasteiger partial charge in [-0.05, 0) is 24.3 Å². The van der Waals surface area contributed by atoms with E-state index in [-0.39, 0.29) is 5.75 Å². The minimum Gasteiger partial charge on any atom is -0.406 e. The first kappa shape index (κ1) is 17.1. The van der Waals surface area contributed by atoms with E-state index in [0.717, 1.165) is 12.1 Å². The lowest BCUT2D eigenvalue weighted by Gasteiger charge is -2.11. The Balaban J connectivity index is 2.36. The van der Waals surface area contributed by atoms with Gasteiger partial charge in [0.25, 0.3) is 0 Å². The Kier molecular flexibility index (Phi) is 6.29. The molecule has 1 aromatic rings. The number of amides is 2. The summed E-state index contributed by atoms with van der Waals surface area (Å²) < 4.78 is 39.6. The van der Waals surface area contributed by atoms with Gasteiger partial charge in [0.2, 0.25) is 0 Å². The van der Waals surface area contributed by atoms with Gasteiger partial charge < -0.3 is 20.7 Å². The zero-order valence-corrected chi connectivity index (χ0v) is 11.8. The molecule has 0 bridgehead atoms. The Bertz CT molecular complexity index is 447. The summed E-state index contributed by atoms with van der Waals surface area (Å²) in [5.74, 6) is -0.338.